The van der Waals surface area contributed by atoms with E-state index in [1.165, 1.54) is 0 Å². The Morgan fingerprint density at radius 1 is 1.75 bits per heavy atom. The minimum absolute atomic E-state index is 0.109. The number of aldehydes is 1. The fraction of sp³-hybridized carbons (Fsp3) is 0.800. The number of hydrogen-bond acceptors (Lipinski definition) is 2. The molecule has 0 N–H and O–H groups in total. The summed E-state index contributed by atoms with van der Waals surface area (Å²) in [5, 5.41) is 0. The van der Waals surface area contributed by atoms with Crippen LogP contribution in [-0.4, -0.2) is 47.8 Å². The molecule has 0 fully saturated rings. The molecule has 3 heteroatoms. The Morgan fingerprint density at radius 3 is 2.38 bits per heavy atom. The predicted molar refractivity (Wildman–Crippen MR) is 35.5 cm³/mol. The van der Waals surface area contributed by atoms with E-state index in [0.29, 0.717) is 0 Å². The van der Waals surface area contributed by atoms with Crippen molar-refractivity contribution in [2.24, 2.45) is 0 Å². The summed E-state index contributed by atoms with van der Waals surface area (Å²) in [5.41, 5.74) is 0. The Labute approximate surface area is 58.1 Å². The van der Waals surface area contributed by atoms with Crippen molar-refractivity contribution in [1.29, 1.82) is 0 Å². The summed E-state index contributed by atoms with van der Waals surface area (Å²) in [5.74, 6) is 0. The van der Waals surface area contributed by atoms with Gasteiger partial charge in [0.25, 0.3) is 0 Å². The second kappa shape index (κ2) is 4.07. The molecule has 0 amide bonds. The summed E-state index contributed by atoms with van der Waals surface area (Å²) >= 11 is 2.33. The summed E-state index contributed by atoms with van der Waals surface area (Å²) in [6.07, 6.45) is 0.944. The molecule has 0 saturated heterocycles. The molecular formula is C5H11NOSe. The van der Waals surface area contributed by atoms with E-state index >= 15 is 0 Å². The fourth-order valence-corrected chi connectivity index (χ4v) is 1.10. The average Bonchev–Trinajstić information content (AvgIpc) is 1.65. The summed E-state index contributed by atoms with van der Waals surface area (Å²) in [6, 6.07) is 0. The van der Waals surface area contributed by atoms with Gasteiger partial charge in [-0.2, -0.15) is 0 Å². The number of nitrogens with zero attached hydrogens (tertiary/aromatic N) is 1. The maximum atomic E-state index is 10.00. The van der Waals surface area contributed by atoms with Gasteiger partial charge >= 0.3 is 57.4 Å². The monoisotopic (exact) mass is 181 g/mol. The molecule has 0 heterocycles. The first-order valence-corrected chi connectivity index (χ1v) is 3.53. The van der Waals surface area contributed by atoms with E-state index in [-0.39, 0.29) is 4.82 Å². The molecule has 0 aliphatic rings. The first kappa shape index (κ1) is 8.15. The third kappa shape index (κ3) is 4.31. The number of hydrogen-bond donors (Lipinski definition) is 0. The molecule has 0 saturated carbocycles. The molecule has 1 unspecified atom stereocenters. The molecule has 0 aromatic carbocycles. The second-order valence-electron chi connectivity index (χ2n) is 1.97. The Hall–Kier alpha value is 0.149. The molecule has 48 valence electrons. The molecule has 0 spiro atoms. The van der Waals surface area contributed by atoms with Gasteiger partial charge < -0.3 is 0 Å². The number of rotatable bonds is 3. The van der Waals surface area contributed by atoms with Crippen molar-refractivity contribution in [2.75, 3.05) is 20.6 Å². The maximum absolute atomic E-state index is 10.00. The van der Waals surface area contributed by atoms with Gasteiger partial charge in [0.15, 0.2) is 0 Å². The van der Waals surface area contributed by atoms with Crippen molar-refractivity contribution in [1.82, 2.24) is 4.90 Å². The van der Waals surface area contributed by atoms with Gasteiger partial charge in [-0.05, 0) is 0 Å². The number of carbonyl (C=O) groups excluding carboxylic acids is 1. The Kier molecular flexibility index (Phi) is 4.15. The zero-order valence-corrected chi connectivity index (χ0v) is 7.04. The summed E-state index contributed by atoms with van der Waals surface area (Å²) in [4.78, 5) is 12.1. The van der Waals surface area contributed by atoms with Crippen molar-refractivity contribution >= 4 is 22.3 Å². The Balaban J connectivity index is 3.23. The van der Waals surface area contributed by atoms with Gasteiger partial charge in [0.2, 0.25) is 0 Å². The van der Waals surface area contributed by atoms with Crippen molar-refractivity contribution in [3.05, 3.63) is 0 Å². The van der Waals surface area contributed by atoms with Gasteiger partial charge in [0.1, 0.15) is 0 Å². The minimum atomic E-state index is 0.109. The van der Waals surface area contributed by atoms with Crippen LogP contribution in [0.2, 0.25) is 4.82 Å². The van der Waals surface area contributed by atoms with Gasteiger partial charge in [-0.15, -0.1) is 0 Å². The van der Waals surface area contributed by atoms with Crippen LogP contribution in [0.15, 0.2) is 0 Å². The average molecular weight is 180 g/mol. The standard InChI is InChI=1S/C5H11NOSe/c1-6(2)3-5(8)4-7/h4-5,8H,3H2,1-2H3. The topological polar surface area (TPSA) is 20.3 Å². The van der Waals surface area contributed by atoms with Crippen LogP contribution in [0.25, 0.3) is 0 Å². The van der Waals surface area contributed by atoms with Crippen molar-refractivity contribution in [2.45, 2.75) is 4.82 Å². The molecule has 0 aromatic rings. The molecule has 0 radical (unpaired) electrons. The third-order valence-electron chi connectivity index (χ3n) is 0.709. The van der Waals surface area contributed by atoms with E-state index in [1.54, 1.807) is 0 Å². The van der Waals surface area contributed by atoms with Crippen LogP contribution in [-0.2, 0) is 4.79 Å². The zero-order valence-electron chi connectivity index (χ0n) is 5.16. The van der Waals surface area contributed by atoms with Crippen molar-refractivity contribution in [3.63, 3.8) is 0 Å². The third-order valence-corrected chi connectivity index (χ3v) is 1.31. The van der Waals surface area contributed by atoms with Gasteiger partial charge in [-0.1, -0.05) is 0 Å². The second-order valence-corrected chi connectivity index (χ2v) is 3.36. The molecule has 2 nitrogen and oxygen atoms in total. The van der Waals surface area contributed by atoms with Crippen LogP contribution in [0.5, 0.6) is 0 Å². The molecule has 8 heavy (non-hydrogen) atoms. The molecule has 0 aliphatic carbocycles. The summed E-state index contributed by atoms with van der Waals surface area (Å²) < 4.78 is 0. The first-order valence-electron chi connectivity index (χ1n) is 2.45. The predicted octanol–water partition coefficient (Wildman–Crippen LogP) is -0.564. The Morgan fingerprint density at radius 2 is 2.25 bits per heavy atom. The van der Waals surface area contributed by atoms with Crippen LogP contribution < -0.4 is 0 Å². The number of carbonyl (C=O) groups is 1. The molecular weight excluding hydrogens is 169 g/mol. The quantitative estimate of drug-likeness (QED) is 0.428. The molecule has 0 aliphatic heterocycles. The fourth-order valence-electron chi connectivity index (χ4n) is 0.417. The molecule has 1 atom stereocenters. The van der Waals surface area contributed by atoms with Crippen molar-refractivity contribution in [3.8, 4) is 0 Å². The SMILES string of the molecule is CN(C)CC([SeH])C=O. The van der Waals surface area contributed by atoms with E-state index in [2.05, 4.69) is 16.0 Å². The first-order chi connectivity index (χ1) is 3.66. The van der Waals surface area contributed by atoms with Crippen LogP contribution in [0, 0.1) is 0 Å². The van der Waals surface area contributed by atoms with E-state index < -0.39 is 0 Å². The van der Waals surface area contributed by atoms with E-state index in [1.807, 2.05) is 19.0 Å². The Bertz CT molecular complexity index is 74.8. The van der Waals surface area contributed by atoms with Gasteiger partial charge in [0, 0.05) is 0 Å². The molecule has 0 bridgehead atoms. The summed E-state index contributed by atoms with van der Waals surface area (Å²) in [6.45, 7) is 0.823. The van der Waals surface area contributed by atoms with E-state index in [9.17, 15) is 4.79 Å². The van der Waals surface area contributed by atoms with Crippen LogP contribution in [0.4, 0.5) is 0 Å². The summed E-state index contributed by atoms with van der Waals surface area (Å²) in [7, 11) is 3.90. The van der Waals surface area contributed by atoms with Crippen LogP contribution in [0.1, 0.15) is 0 Å². The molecule has 0 aromatic heterocycles. The van der Waals surface area contributed by atoms with Gasteiger partial charge in [0.05, 0.1) is 0 Å². The van der Waals surface area contributed by atoms with Gasteiger partial charge in [-0.3, -0.25) is 0 Å². The van der Waals surface area contributed by atoms with Crippen LogP contribution >= 0.6 is 0 Å². The van der Waals surface area contributed by atoms with Crippen LogP contribution in [0.3, 0.4) is 0 Å². The normalized spacial score (nSPS) is 14.0. The van der Waals surface area contributed by atoms with E-state index in [4.69, 9.17) is 0 Å². The van der Waals surface area contributed by atoms with Crippen molar-refractivity contribution < 1.29 is 4.79 Å². The van der Waals surface area contributed by atoms with E-state index in [0.717, 1.165) is 12.8 Å². The van der Waals surface area contributed by atoms with Gasteiger partial charge in [-0.25, -0.2) is 0 Å². The molecule has 0 rings (SSSR count). The zero-order chi connectivity index (χ0) is 6.57.